The molecule has 0 radical (unpaired) electrons. The van der Waals surface area contributed by atoms with E-state index in [0.29, 0.717) is 6.04 Å². The first-order valence-corrected chi connectivity index (χ1v) is 5.64. The Morgan fingerprint density at radius 3 is 3.00 bits per heavy atom. The quantitative estimate of drug-likeness (QED) is 0.859. The first-order chi connectivity index (χ1) is 7.29. The van der Waals surface area contributed by atoms with Gasteiger partial charge in [0.25, 0.3) is 0 Å². The highest BCUT2D eigenvalue weighted by atomic mass is 35.5. The van der Waals surface area contributed by atoms with E-state index in [-0.39, 0.29) is 12.4 Å². The molecule has 2 heterocycles. The predicted octanol–water partition coefficient (Wildman–Crippen LogP) is 2.00. The maximum absolute atomic E-state index is 4.43. The Hall–Kier alpha value is -0.800. The van der Waals surface area contributed by atoms with Crippen molar-refractivity contribution in [2.24, 2.45) is 0 Å². The average Bonchev–Trinajstić information content (AvgIpc) is 2.29. The Morgan fingerprint density at radius 1 is 1.50 bits per heavy atom. The molecule has 16 heavy (non-hydrogen) atoms. The van der Waals surface area contributed by atoms with E-state index in [1.54, 1.807) is 0 Å². The summed E-state index contributed by atoms with van der Waals surface area (Å²) in [6, 6.07) is 4.82. The number of nitrogens with one attached hydrogen (secondary N) is 1. The Bertz CT molecular complexity index is 330. The predicted molar refractivity (Wildman–Crippen MR) is 70.5 cm³/mol. The lowest BCUT2D eigenvalue weighted by Crippen LogP contribution is -2.44. The van der Waals surface area contributed by atoms with Crippen LogP contribution in [0.25, 0.3) is 0 Å². The summed E-state index contributed by atoms with van der Waals surface area (Å²) in [7, 11) is 2.04. The van der Waals surface area contributed by atoms with Crippen LogP contribution < -0.4 is 10.2 Å². The number of piperidine rings is 1. The zero-order chi connectivity index (χ0) is 10.7. The highest BCUT2D eigenvalue weighted by Crippen LogP contribution is 2.18. The minimum absolute atomic E-state index is 0. The van der Waals surface area contributed by atoms with Gasteiger partial charge in [-0.25, -0.2) is 4.98 Å². The Morgan fingerprint density at radius 2 is 2.31 bits per heavy atom. The second-order valence-corrected chi connectivity index (χ2v) is 4.27. The maximum Gasteiger partial charge on any atom is 0.128 e. The Labute approximate surface area is 104 Å². The molecular weight excluding hydrogens is 222 g/mol. The number of aromatic nitrogens is 1. The van der Waals surface area contributed by atoms with Crippen molar-refractivity contribution < 1.29 is 0 Å². The number of hydrogen-bond donors (Lipinski definition) is 1. The molecule has 1 unspecified atom stereocenters. The lowest BCUT2D eigenvalue weighted by atomic mass is 10.1. The fourth-order valence-corrected chi connectivity index (χ4v) is 2.11. The van der Waals surface area contributed by atoms with Gasteiger partial charge in [-0.15, -0.1) is 12.4 Å². The van der Waals surface area contributed by atoms with Crippen LogP contribution in [0.4, 0.5) is 5.82 Å². The molecule has 0 spiro atoms. The summed E-state index contributed by atoms with van der Waals surface area (Å²) >= 11 is 0. The fourth-order valence-electron chi connectivity index (χ4n) is 2.11. The number of nitrogens with zero attached hydrogens (tertiary/aromatic N) is 2. The average molecular weight is 242 g/mol. The van der Waals surface area contributed by atoms with Crippen molar-refractivity contribution in [3.63, 3.8) is 0 Å². The summed E-state index contributed by atoms with van der Waals surface area (Å²) in [5.41, 5.74) is 1.28. The molecule has 1 aromatic rings. The van der Waals surface area contributed by atoms with E-state index in [2.05, 4.69) is 28.2 Å². The second-order valence-electron chi connectivity index (χ2n) is 4.27. The molecule has 1 aliphatic heterocycles. The van der Waals surface area contributed by atoms with Gasteiger partial charge in [0.2, 0.25) is 0 Å². The molecule has 1 fully saturated rings. The van der Waals surface area contributed by atoms with Gasteiger partial charge in [0.1, 0.15) is 5.82 Å². The van der Waals surface area contributed by atoms with E-state index in [9.17, 15) is 0 Å². The summed E-state index contributed by atoms with van der Waals surface area (Å²) < 4.78 is 0. The van der Waals surface area contributed by atoms with Crippen LogP contribution in [0.3, 0.4) is 0 Å². The molecule has 0 bridgehead atoms. The van der Waals surface area contributed by atoms with Crippen molar-refractivity contribution in [3.8, 4) is 0 Å². The van der Waals surface area contributed by atoms with E-state index in [1.165, 1.54) is 18.4 Å². The minimum Gasteiger partial charge on any atom is -0.355 e. The zero-order valence-corrected chi connectivity index (χ0v) is 10.8. The van der Waals surface area contributed by atoms with Gasteiger partial charge in [0, 0.05) is 25.3 Å². The molecule has 90 valence electrons. The van der Waals surface area contributed by atoms with Crippen LogP contribution >= 0.6 is 12.4 Å². The monoisotopic (exact) mass is 241 g/mol. The van der Waals surface area contributed by atoms with Crippen molar-refractivity contribution >= 4 is 18.2 Å². The van der Waals surface area contributed by atoms with Crippen molar-refractivity contribution in [1.82, 2.24) is 10.3 Å². The van der Waals surface area contributed by atoms with Gasteiger partial charge in [-0.2, -0.15) is 0 Å². The summed E-state index contributed by atoms with van der Waals surface area (Å²) in [5.74, 6) is 1.12. The molecule has 0 aliphatic carbocycles. The minimum atomic E-state index is 0. The normalized spacial score (nSPS) is 20.4. The van der Waals surface area contributed by atoms with Crippen LogP contribution in [0.2, 0.25) is 0 Å². The van der Waals surface area contributed by atoms with Crippen LogP contribution in [-0.4, -0.2) is 31.2 Å². The van der Waals surface area contributed by atoms with Crippen LogP contribution in [0.15, 0.2) is 18.3 Å². The van der Waals surface area contributed by atoms with Crippen LogP contribution in [0.1, 0.15) is 18.4 Å². The van der Waals surface area contributed by atoms with Crippen molar-refractivity contribution in [2.75, 3.05) is 25.0 Å². The first-order valence-electron chi connectivity index (χ1n) is 5.64. The van der Waals surface area contributed by atoms with Crippen molar-refractivity contribution in [2.45, 2.75) is 25.8 Å². The smallest absolute Gasteiger partial charge is 0.128 e. The van der Waals surface area contributed by atoms with E-state index in [4.69, 9.17) is 0 Å². The molecule has 0 amide bonds. The molecular formula is C12H20ClN3. The highest BCUT2D eigenvalue weighted by Gasteiger charge is 2.19. The number of halogens is 1. The summed E-state index contributed by atoms with van der Waals surface area (Å²) in [4.78, 5) is 6.80. The van der Waals surface area contributed by atoms with Crippen LogP contribution in [0.5, 0.6) is 0 Å². The number of rotatable bonds is 2. The molecule has 4 heteroatoms. The SMILES string of the molecule is CNC1CCCN(c2cc(C)ccn2)C1.Cl. The Balaban J connectivity index is 0.00000128. The summed E-state index contributed by atoms with van der Waals surface area (Å²) in [6.45, 7) is 4.33. The summed E-state index contributed by atoms with van der Waals surface area (Å²) in [5, 5.41) is 3.35. The van der Waals surface area contributed by atoms with Gasteiger partial charge in [-0.05, 0) is 44.5 Å². The molecule has 1 N–H and O–H groups in total. The number of likely N-dealkylation sites (N-methyl/N-ethyl adjacent to an activating group) is 1. The third-order valence-electron chi connectivity index (χ3n) is 3.05. The van der Waals surface area contributed by atoms with E-state index < -0.39 is 0 Å². The van der Waals surface area contributed by atoms with Gasteiger partial charge in [0.05, 0.1) is 0 Å². The van der Waals surface area contributed by atoms with Gasteiger partial charge in [-0.3, -0.25) is 0 Å². The molecule has 3 nitrogen and oxygen atoms in total. The summed E-state index contributed by atoms with van der Waals surface area (Å²) in [6.07, 6.45) is 4.42. The topological polar surface area (TPSA) is 28.2 Å². The number of hydrogen-bond acceptors (Lipinski definition) is 3. The molecule has 1 saturated heterocycles. The third-order valence-corrected chi connectivity index (χ3v) is 3.05. The lowest BCUT2D eigenvalue weighted by Gasteiger charge is -2.33. The molecule has 0 aromatic carbocycles. The standard InChI is InChI=1S/C12H19N3.ClH/c1-10-5-6-14-12(8-10)15-7-3-4-11(9-15)13-2;/h5-6,8,11,13H,3-4,7,9H2,1-2H3;1H. The highest BCUT2D eigenvalue weighted by molar-refractivity contribution is 5.85. The van der Waals surface area contributed by atoms with Gasteiger partial charge >= 0.3 is 0 Å². The molecule has 1 aromatic heterocycles. The zero-order valence-electron chi connectivity index (χ0n) is 9.94. The lowest BCUT2D eigenvalue weighted by molar-refractivity contribution is 0.447. The van der Waals surface area contributed by atoms with E-state index in [0.717, 1.165) is 18.9 Å². The Kier molecular flexibility index (Phi) is 5.03. The number of aryl methyl sites for hydroxylation is 1. The van der Waals surface area contributed by atoms with Crippen LogP contribution in [0, 0.1) is 6.92 Å². The first kappa shape index (κ1) is 13.3. The maximum atomic E-state index is 4.43. The molecule has 1 aliphatic rings. The van der Waals surface area contributed by atoms with Crippen LogP contribution in [-0.2, 0) is 0 Å². The number of pyridine rings is 1. The molecule has 2 rings (SSSR count). The van der Waals surface area contributed by atoms with Gasteiger partial charge in [0.15, 0.2) is 0 Å². The second kappa shape index (κ2) is 6.06. The largest absolute Gasteiger partial charge is 0.355 e. The fraction of sp³-hybridized carbons (Fsp3) is 0.583. The molecule has 0 saturated carbocycles. The van der Waals surface area contributed by atoms with Crippen molar-refractivity contribution in [1.29, 1.82) is 0 Å². The third kappa shape index (κ3) is 3.09. The molecule has 1 atom stereocenters. The van der Waals surface area contributed by atoms with E-state index in [1.807, 2.05) is 19.3 Å². The van der Waals surface area contributed by atoms with Crippen molar-refractivity contribution in [3.05, 3.63) is 23.9 Å². The van der Waals surface area contributed by atoms with Gasteiger partial charge < -0.3 is 10.2 Å². The number of anilines is 1. The van der Waals surface area contributed by atoms with Gasteiger partial charge in [-0.1, -0.05) is 0 Å². The van der Waals surface area contributed by atoms with E-state index >= 15 is 0 Å².